The number of H-pyrrole nitrogens is 1. The topological polar surface area (TPSA) is 100 Å². The zero-order valence-corrected chi connectivity index (χ0v) is 9.64. The maximum absolute atomic E-state index is 11.7. The van der Waals surface area contributed by atoms with E-state index in [1.807, 2.05) is 6.07 Å². The van der Waals surface area contributed by atoms with Gasteiger partial charge in [0.05, 0.1) is 18.7 Å². The molecule has 0 amide bonds. The Labute approximate surface area is 102 Å². The third kappa shape index (κ3) is 2.08. The molecular weight excluding hydrogens is 236 g/mol. The van der Waals surface area contributed by atoms with Gasteiger partial charge in [-0.05, 0) is 6.92 Å². The van der Waals surface area contributed by atoms with Crippen LogP contribution in [0.15, 0.2) is 17.1 Å². The molecule has 92 valence electrons. The molecule has 18 heavy (non-hydrogen) atoms. The molecule has 0 fully saturated rings. The Balaban J connectivity index is 2.45. The molecule has 0 radical (unpaired) electrons. The zero-order chi connectivity index (χ0) is 13.1. The Kier molecular flexibility index (Phi) is 3.10. The van der Waals surface area contributed by atoms with Crippen LogP contribution < -0.4 is 5.56 Å². The lowest BCUT2D eigenvalue weighted by Crippen LogP contribution is -2.18. The van der Waals surface area contributed by atoms with Gasteiger partial charge in [0.25, 0.3) is 5.56 Å². The number of hydrogen-bond donors (Lipinski definition) is 1. The number of aromatic amines is 1. The molecule has 0 aliphatic heterocycles. The zero-order valence-electron chi connectivity index (χ0n) is 9.64. The summed E-state index contributed by atoms with van der Waals surface area (Å²) in [5, 5.41) is 11.5. The largest absolute Gasteiger partial charge is 0.466 e. The summed E-state index contributed by atoms with van der Waals surface area (Å²) in [7, 11) is 0. The fourth-order valence-electron chi connectivity index (χ4n) is 1.56. The summed E-state index contributed by atoms with van der Waals surface area (Å²) in [6, 6.07) is 3.15. The minimum Gasteiger partial charge on any atom is -0.466 e. The molecule has 0 saturated carbocycles. The number of carbonyl (C=O) groups is 1. The molecule has 2 heterocycles. The van der Waals surface area contributed by atoms with Gasteiger partial charge < -0.3 is 4.74 Å². The van der Waals surface area contributed by atoms with E-state index in [1.54, 1.807) is 6.92 Å². The van der Waals surface area contributed by atoms with Crippen molar-refractivity contribution < 1.29 is 9.53 Å². The summed E-state index contributed by atoms with van der Waals surface area (Å²) in [6.45, 7) is 1.97. The van der Waals surface area contributed by atoms with Crippen LogP contribution in [-0.4, -0.2) is 27.2 Å². The first-order valence-electron chi connectivity index (χ1n) is 5.31. The number of hydrogen-bond acceptors (Lipinski definition) is 5. The van der Waals surface area contributed by atoms with Gasteiger partial charge in [-0.2, -0.15) is 5.26 Å². The van der Waals surface area contributed by atoms with Crippen molar-refractivity contribution in [2.45, 2.75) is 13.3 Å². The number of aromatic nitrogens is 3. The fraction of sp³-hybridized carbons (Fsp3) is 0.273. The van der Waals surface area contributed by atoms with Gasteiger partial charge in [-0.25, -0.2) is 9.50 Å². The smallest absolute Gasteiger partial charge is 0.311 e. The van der Waals surface area contributed by atoms with Crippen LogP contribution in [0.25, 0.3) is 5.65 Å². The lowest BCUT2D eigenvalue weighted by atomic mass is 10.3. The second kappa shape index (κ2) is 4.71. The molecule has 0 unspecified atom stereocenters. The SMILES string of the molecule is CCOC(=O)Cc1cc(=O)n2[nH]cc(C#N)c2n1. The normalized spacial score (nSPS) is 10.2. The predicted octanol–water partition coefficient (Wildman–Crippen LogP) is -0.000120. The van der Waals surface area contributed by atoms with Crippen molar-refractivity contribution in [2.24, 2.45) is 0 Å². The first kappa shape index (κ1) is 11.9. The molecule has 0 aliphatic rings. The maximum Gasteiger partial charge on any atom is 0.311 e. The van der Waals surface area contributed by atoms with E-state index in [2.05, 4.69) is 10.1 Å². The van der Waals surface area contributed by atoms with Crippen LogP contribution in [0.3, 0.4) is 0 Å². The molecular formula is C11H10N4O3. The van der Waals surface area contributed by atoms with E-state index in [-0.39, 0.29) is 35.5 Å². The Morgan fingerprint density at radius 3 is 3.11 bits per heavy atom. The van der Waals surface area contributed by atoms with Gasteiger partial charge in [-0.1, -0.05) is 0 Å². The van der Waals surface area contributed by atoms with E-state index >= 15 is 0 Å². The number of nitriles is 1. The van der Waals surface area contributed by atoms with Crippen molar-refractivity contribution in [3.8, 4) is 6.07 Å². The summed E-state index contributed by atoms with van der Waals surface area (Å²) in [4.78, 5) is 27.1. The van der Waals surface area contributed by atoms with Crippen molar-refractivity contribution >= 4 is 11.6 Å². The minimum absolute atomic E-state index is 0.0877. The molecule has 0 bridgehead atoms. The molecule has 1 N–H and O–H groups in total. The Morgan fingerprint density at radius 2 is 2.44 bits per heavy atom. The number of esters is 1. The first-order chi connectivity index (χ1) is 8.65. The van der Waals surface area contributed by atoms with Gasteiger partial charge in [-0.3, -0.25) is 14.7 Å². The van der Waals surface area contributed by atoms with Gasteiger partial charge in [0.2, 0.25) is 0 Å². The Morgan fingerprint density at radius 1 is 1.67 bits per heavy atom. The van der Waals surface area contributed by atoms with Crippen molar-refractivity contribution in [1.82, 2.24) is 14.6 Å². The van der Waals surface area contributed by atoms with Crippen LogP contribution in [0.4, 0.5) is 0 Å². The van der Waals surface area contributed by atoms with Crippen LogP contribution in [0.2, 0.25) is 0 Å². The second-order valence-corrected chi connectivity index (χ2v) is 3.53. The third-order valence-corrected chi connectivity index (χ3v) is 2.30. The summed E-state index contributed by atoms with van der Waals surface area (Å²) in [5.74, 6) is -0.456. The Bertz CT molecular complexity index is 692. The molecule has 0 spiro atoms. The predicted molar refractivity (Wildman–Crippen MR) is 60.9 cm³/mol. The van der Waals surface area contributed by atoms with E-state index in [0.717, 1.165) is 4.52 Å². The molecule has 2 rings (SSSR count). The molecule has 0 atom stereocenters. The number of fused-ring (bicyclic) bond motifs is 1. The summed E-state index contributed by atoms with van der Waals surface area (Å²) in [6.07, 6.45) is 1.30. The van der Waals surface area contributed by atoms with Gasteiger partial charge in [0.1, 0.15) is 11.6 Å². The molecule has 0 aliphatic carbocycles. The number of rotatable bonds is 3. The highest BCUT2D eigenvalue weighted by Crippen LogP contribution is 2.05. The maximum atomic E-state index is 11.7. The molecule has 2 aromatic rings. The lowest BCUT2D eigenvalue weighted by molar-refractivity contribution is -0.142. The second-order valence-electron chi connectivity index (χ2n) is 3.53. The highest BCUT2D eigenvalue weighted by Gasteiger charge is 2.11. The highest BCUT2D eigenvalue weighted by atomic mass is 16.5. The fourth-order valence-corrected chi connectivity index (χ4v) is 1.56. The summed E-state index contributed by atoms with van der Waals surface area (Å²) < 4.78 is 5.92. The van der Waals surface area contributed by atoms with Crippen LogP contribution in [-0.2, 0) is 16.0 Å². The van der Waals surface area contributed by atoms with Crippen LogP contribution >= 0.6 is 0 Å². The molecule has 7 nitrogen and oxygen atoms in total. The van der Waals surface area contributed by atoms with Crippen molar-refractivity contribution in [3.05, 3.63) is 33.9 Å². The van der Waals surface area contributed by atoms with Crippen molar-refractivity contribution in [3.63, 3.8) is 0 Å². The summed E-state index contributed by atoms with van der Waals surface area (Å²) >= 11 is 0. The van der Waals surface area contributed by atoms with E-state index in [1.165, 1.54) is 12.3 Å². The minimum atomic E-state index is -0.456. The van der Waals surface area contributed by atoms with E-state index < -0.39 is 5.97 Å². The van der Waals surface area contributed by atoms with Gasteiger partial charge >= 0.3 is 5.97 Å². The Hall–Kier alpha value is -2.62. The molecule has 0 saturated heterocycles. The third-order valence-electron chi connectivity index (χ3n) is 2.30. The highest BCUT2D eigenvalue weighted by molar-refractivity contribution is 5.72. The molecule has 2 aromatic heterocycles. The van der Waals surface area contributed by atoms with E-state index in [4.69, 9.17) is 10.00 Å². The number of nitrogens with one attached hydrogen (secondary N) is 1. The van der Waals surface area contributed by atoms with Crippen LogP contribution in [0.1, 0.15) is 18.2 Å². The van der Waals surface area contributed by atoms with Gasteiger partial charge in [0.15, 0.2) is 5.65 Å². The van der Waals surface area contributed by atoms with Crippen LogP contribution in [0.5, 0.6) is 0 Å². The van der Waals surface area contributed by atoms with Gasteiger partial charge in [-0.15, -0.1) is 0 Å². The van der Waals surface area contributed by atoms with E-state index in [0.29, 0.717) is 0 Å². The van der Waals surface area contributed by atoms with Crippen molar-refractivity contribution in [1.29, 1.82) is 5.26 Å². The average molecular weight is 246 g/mol. The monoisotopic (exact) mass is 246 g/mol. The van der Waals surface area contributed by atoms with Crippen molar-refractivity contribution in [2.75, 3.05) is 6.61 Å². The van der Waals surface area contributed by atoms with E-state index in [9.17, 15) is 9.59 Å². The molecule has 7 heteroatoms. The average Bonchev–Trinajstić information content (AvgIpc) is 2.72. The summed E-state index contributed by atoms with van der Waals surface area (Å²) in [5.41, 5.74) is 0.373. The van der Waals surface area contributed by atoms with Crippen LogP contribution in [0, 0.1) is 11.3 Å². The number of carbonyl (C=O) groups excluding carboxylic acids is 1. The standard InChI is InChI=1S/C11H10N4O3/c1-2-18-10(17)4-8-3-9(16)15-11(14-8)7(5-12)6-13-15/h3,6,13H,2,4H2,1H3. The first-order valence-corrected chi connectivity index (χ1v) is 5.31. The number of ether oxygens (including phenoxy) is 1. The lowest BCUT2D eigenvalue weighted by Gasteiger charge is -2.01. The molecule has 0 aromatic carbocycles. The van der Waals surface area contributed by atoms with Gasteiger partial charge in [0, 0.05) is 12.3 Å². The number of nitrogens with zero attached hydrogens (tertiary/aromatic N) is 3. The quantitative estimate of drug-likeness (QED) is 0.768.